The highest BCUT2D eigenvalue weighted by atomic mass is 32.2. The van der Waals surface area contributed by atoms with Gasteiger partial charge in [0.25, 0.3) is 0 Å². The minimum absolute atomic E-state index is 0.0526. The molecule has 0 aliphatic rings. The Bertz CT molecular complexity index is 530. The molecular weight excluding hydrogens is 280 g/mol. The van der Waals surface area contributed by atoms with Crippen molar-refractivity contribution >= 4 is 34.1 Å². The normalized spacial score (nSPS) is 10.4. The molecule has 2 aromatic rings. The van der Waals surface area contributed by atoms with Crippen molar-refractivity contribution in [1.29, 1.82) is 0 Å². The molecule has 1 aromatic heterocycles. The van der Waals surface area contributed by atoms with Gasteiger partial charge in [0.15, 0.2) is 0 Å². The Kier molecular flexibility index (Phi) is 5.31. The van der Waals surface area contributed by atoms with Crippen LogP contribution < -0.4 is 11.1 Å². The van der Waals surface area contributed by atoms with Crippen LogP contribution in [0.25, 0.3) is 0 Å². The number of amides is 1. The number of carbonyl (C=O) groups excluding carboxylic acids is 1. The van der Waals surface area contributed by atoms with Gasteiger partial charge in [-0.1, -0.05) is 29.5 Å². The minimum Gasteiger partial charge on any atom is -0.324 e. The Hall–Kier alpha value is -1.44. The van der Waals surface area contributed by atoms with Crippen LogP contribution in [0, 0.1) is 0 Å². The quantitative estimate of drug-likeness (QED) is 0.798. The average molecular weight is 294 g/mol. The van der Waals surface area contributed by atoms with E-state index in [0.717, 1.165) is 10.6 Å². The van der Waals surface area contributed by atoms with Gasteiger partial charge < -0.3 is 11.1 Å². The second kappa shape index (κ2) is 7.22. The van der Waals surface area contributed by atoms with Gasteiger partial charge in [0.2, 0.25) is 11.0 Å². The van der Waals surface area contributed by atoms with Crippen molar-refractivity contribution < 1.29 is 4.79 Å². The van der Waals surface area contributed by atoms with Crippen LogP contribution in [0.15, 0.2) is 35.2 Å². The van der Waals surface area contributed by atoms with Crippen LogP contribution in [-0.2, 0) is 11.3 Å². The summed E-state index contributed by atoms with van der Waals surface area (Å²) in [4.78, 5) is 12.8. The van der Waals surface area contributed by atoms with E-state index in [0.29, 0.717) is 23.1 Å². The van der Waals surface area contributed by atoms with Gasteiger partial charge in [0, 0.05) is 23.6 Å². The van der Waals surface area contributed by atoms with Gasteiger partial charge in [-0.05, 0) is 12.1 Å². The summed E-state index contributed by atoms with van der Waals surface area (Å²) in [6.45, 7) is 0.345. The molecular formula is C12H14N4OS2. The molecule has 0 saturated heterocycles. The molecule has 19 heavy (non-hydrogen) atoms. The maximum Gasteiger partial charge on any atom is 0.227 e. The Morgan fingerprint density at radius 1 is 1.32 bits per heavy atom. The van der Waals surface area contributed by atoms with Gasteiger partial charge in [0.1, 0.15) is 5.01 Å². The van der Waals surface area contributed by atoms with Crippen LogP contribution in [0.1, 0.15) is 11.4 Å². The third-order valence-corrected chi connectivity index (χ3v) is 4.10. The van der Waals surface area contributed by atoms with Crippen molar-refractivity contribution in [2.45, 2.75) is 17.9 Å². The summed E-state index contributed by atoms with van der Waals surface area (Å²) in [7, 11) is 0. The maximum absolute atomic E-state index is 11.7. The molecule has 2 rings (SSSR count). The van der Waals surface area contributed by atoms with E-state index < -0.39 is 0 Å². The molecule has 5 nitrogen and oxygen atoms in total. The van der Waals surface area contributed by atoms with Crippen LogP contribution in [0.5, 0.6) is 0 Å². The summed E-state index contributed by atoms with van der Waals surface area (Å²) in [5.74, 6) is 0.682. The summed E-state index contributed by atoms with van der Waals surface area (Å²) < 4.78 is 0. The standard InChI is InChI=1S/C12H14N4OS2/c13-8-11-15-16-12(19-11)14-10(17)6-7-18-9-4-2-1-3-5-9/h1-5H,6-8,13H2,(H,14,16,17). The first kappa shape index (κ1) is 14.0. The minimum atomic E-state index is -0.0526. The highest BCUT2D eigenvalue weighted by molar-refractivity contribution is 7.99. The number of benzene rings is 1. The second-order valence-electron chi connectivity index (χ2n) is 3.66. The van der Waals surface area contributed by atoms with E-state index in [1.165, 1.54) is 11.3 Å². The number of hydrogen-bond acceptors (Lipinski definition) is 6. The summed E-state index contributed by atoms with van der Waals surface area (Å²) in [6.07, 6.45) is 0.442. The van der Waals surface area contributed by atoms with Crippen LogP contribution in [0.4, 0.5) is 5.13 Å². The van der Waals surface area contributed by atoms with Gasteiger partial charge in [0.05, 0.1) is 0 Å². The topological polar surface area (TPSA) is 80.9 Å². The van der Waals surface area contributed by atoms with Gasteiger partial charge in [-0.2, -0.15) is 0 Å². The van der Waals surface area contributed by atoms with Crippen LogP contribution in [0.3, 0.4) is 0 Å². The summed E-state index contributed by atoms with van der Waals surface area (Å²) in [6, 6.07) is 10.00. The fourth-order valence-electron chi connectivity index (χ4n) is 1.35. The highest BCUT2D eigenvalue weighted by Crippen LogP contribution is 2.19. The lowest BCUT2D eigenvalue weighted by Crippen LogP contribution is -2.11. The zero-order valence-electron chi connectivity index (χ0n) is 10.2. The lowest BCUT2D eigenvalue weighted by Gasteiger charge is -2.01. The van der Waals surface area contributed by atoms with Crippen molar-refractivity contribution in [3.8, 4) is 0 Å². The number of nitrogens with zero attached hydrogens (tertiary/aromatic N) is 2. The number of hydrogen-bond donors (Lipinski definition) is 2. The van der Waals surface area contributed by atoms with Crippen molar-refractivity contribution in [1.82, 2.24) is 10.2 Å². The second-order valence-corrected chi connectivity index (χ2v) is 5.90. The van der Waals surface area contributed by atoms with E-state index in [2.05, 4.69) is 15.5 Å². The van der Waals surface area contributed by atoms with Crippen molar-refractivity contribution in [2.24, 2.45) is 5.73 Å². The number of anilines is 1. The SMILES string of the molecule is NCc1nnc(NC(=O)CCSc2ccccc2)s1. The third kappa shape index (κ3) is 4.62. The number of nitrogens with one attached hydrogen (secondary N) is 1. The smallest absolute Gasteiger partial charge is 0.227 e. The van der Waals surface area contributed by atoms with E-state index in [1.807, 2.05) is 30.3 Å². The molecule has 1 heterocycles. The highest BCUT2D eigenvalue weighted by Gasteiger charge is 2.07. The summed E-state index contributed by atoms with van der Waals surface area (Å²) in [5.41, 5.74) is 5.43. The number of aromatic nitrogens is 2. The molecule has 0 radical (unpaired) electrons. The molecule has 0 fully saturated rings. The van der Waals surface area contributed by atoms with Gasteiger partial charge >= 0.3 is 0 Å². The molecule has 0 bridgehead atoms. The molecule has 0 aliphatic carbocycles. The largest absolute Gasteiger partial charge is 0.324 e. The fraction of sp³-hybridized carbons (Fsp3) is 0.250. The molecule has 1 aromatic carbocycles. The number of carbonyl (C=O) groups is 1. The first-order chi connectivity index (χ1) is 9.28. The lowest BCUT2D eigenvalue weighted by molar-refractivity contribution is -0.115. The summed E-state index contributed by atoms with van der Waals surface area (Å²) in [5, 5.41) is 11.6. The Balaban J connectivity index is 1.73. The first-order valence-corrected chi connectivity index (χ1v) is 7.58. The van der Waals surface area contributed by atoms with Crippen molar-refractivity contribution in [3.63, 3.8) is 0 Å². The number of nitrogens with two attached hydrogens (primary N) is 1. The molecule has 1 amide bonds. The molecule has 0 spiro atoms. The molecule has 0 atom stereocenters. The Morgan fingerprint density at radius 3 is 2.79 bits per heavy atom. The van der Waals surface area contributed by atoms with Crippen molar-refractivity contribution in [3.05, 3.63) is 35.3 Å². The van der Waals surface area contributed by atoms with E-state index >= 15 is 0 Å². The zero-order chi connectivity index (χ0) is 13.5. The van der Waals surface area contributed by atoms with Crippen LogP contribution in [0.2, 0.25) is 0 Å². The third-order valence-electron chi connectivity index (χ3n) is 2.23. The van der Waals surface area contributed by atoms with Crippen molar-refractivity contribution in [2.75, 3.05) is 11.1 Å². The summed E-state index contributed by atoms with van der Waals surface area (Å²) >= 11 is 2.96. The van der Waals surface area contributed by atoms with Crippen LogP contribution >= 0.6 is 23.1 Å². The maximum atomic E-state index is 11.7. The van der Waals surface area contributed by atoms with E-state index in [4.69, 9.17) is 5.73 Å². The molecule has 0 saturated carbocycles. The Morgan fingerprint density at radius 2 is 2.11 bits per heavy atom. The van der Waals surface area contributed by atoms with Gasteiger partial charge in [-0.3, -0.25) is 4.79 Å². The Labute approximate surface area is 119 Å². The fourth-order valence-corrected chi connectivity index (χ4v) is 2.85. The zero-order valence-corrected chi connectivity index (χ0v) is 11.8. The predicted molar refractivity (Wildman–Crippen MR) is 78.2 cm³/mol. The van der Waals surface area contributed by atoms with E-state index in [-0.39, 0.29) is 5.91 Å². The molecule has 0 aliphatic heterocycles. The molecule has 3 N–H and O–H groups in total. The molecule has 7 heteroatoms. The molecule has 100 valence electrons. The van der Waals surface area contributed by atoms with E-state index in [1.54, 1.807) is 11.8 Å². The van der Waals surface area contributed by atoms with Crippen LogP contribution in [-0.4, -0.2) is 21.9 Å². The average Bonchev–Trinajstić information content (AvgIpc) is 2.87. The van der Waals surface area contributed by atoms with E-state index in [9.17, 15) is 4.79 Å². The predicted octanol–water partition coefficient (Wildman–Crippen LogP) is 2.12. The lowest BCUT2D eigenvalue weighted by atomic mass is 10.4. The number of rotatable bonds is 6. The number of thioether (sulfide) groups is 1. The van der Waals surface area contributed by atoms with Gasteiger partial charge in [-0.15, -0.1) is 22.0 Å². The first-order valence-electron chi connectivity index (χ1n) is 5.78. The van der Waals surface area contributed by atoms with Gasteiger partial charge in [-0.25, -0.2) is 0 Å². The molecule has 0 unspecified atom stereocenters. The monoisotopic (exact) mass is 294 g/mol.